The van der Waals surface area contributed by atoms with E-state index < -0.39 is 0 Å². The van der Waals surface area contributed by atoms with Gasteiger partial charge in [0.15, 0.2) is 5.13 Å². The summed E-state index contributed by atoms with van der Waals surface area (Å²) >= 11 is 4.85. The molecule has 1 amide bonds. The number of anilines is 1. The molecule has 3 rings (SSSR count). The molecule has 0 atom stereocenters. The number of benzene rings is 2. The van der Waals surface area contributed by atoms with Crippen LogP contribution in [0.1, 0.15) is 18.4 Å². The van der Waals surface area contributed by atoms with Gasteiger partial charge in [0.05, 0.1) is 12.3 Å². The van der Waals surface area contributed by atoms with E-state index in [1.807, 2.05) is 60.8 Å². The molecule has 0 aliphatic heterocycles. The van der Waals surface area contributed by atoms with E-state index in [1.54, 1.807) is 0 Å². The van der Waals surface area contributed by atoms with Crippen LogP contribution in [0.4, 0.5) is 5.13 Å². The van der Waals surface area contributed by atoms with Crippen molar-refractivity contribution in [1.82, 2.24) is 4.98 Å². The van der Waals surface area contributed by atoms with E-state index in [0.29, 0.717) is 24.6 Å². The molecule has 0 unspecified atom stereocenters. The van der Waals surface area contributed by atoms with Gasteiger partial charge in [-0.1, -0.05) is 40.2 Å². The summed E-state index contributed by atoms with van der Waals surface area (Å²) in [5, 5.41) is 5.42. The number of ether oxygens (including phenoxy) is 1. The van der Waals surface area contributed by atoms with Crippen LogP contribution in [0.5, 0.6) is 5.75 Å². The Balaban J connectivity index is 1.44. The number of carbonyl (C=O) groups is 1. The summed E-state index contributed by atoms with van der Waals surface area (Å²) in [6.45, 7) is 2.54. The Labute approximate surface area is 165 Å². The molecule has 4 nitrogen and oxygen atoms in total. The summed E-state index contributed by atoms with van der Waals surface area (Å²) < 4.78 is 6.69. The van der Waals surface area contributed by atoms with Gasteiger partial charge in [-0.05, 0) is 43.2 Å². The highest BCUT2D eigenvalue weighted by atomic mass is 79.9. The van der Waals surface area contributed by atoms with Crippen molar-refractivity contribution in [3.8, 4) is 17.0 Å². The van der Waals surface area contributed by atoms with Crippen molar-refractivity contribution in [3.63, 3.8) is 0 Å². The summed E-state index contributed by atoms with van der Waals surface area (Å²) in [5.74, 6) is 0.791. The number of halogens is 1. The Morgan fingerprint density at radius 3 is 2.81 bits per heavy atom. The molecule has 1 heterocycles. The third-order valence-electron chi connectivity index (χ3n) is 3.70. The number of thiazole rings is 1. The van der Waals surface area contributed by atoms with Gasteiger partial charge in [-0.25, -0.2) is 4.98 Å². The van der Waals surface area contributed by atoms with Crippen LogP contribution >= 0.6 is 27.3 Å². The van der Waals surface area contributed by atoms with E-state index in [9.17, 15) is 4.79 Å². The zero-order valence-corrected chi connectivity index (χ0v) is 16.8. The Hall–Kier alpha value is -2.18. The number of hydrogen-bond donors (Lipinski definition) is 1. The van der Waals surface area contributed by atoms with Gasteiger partial charge < -0.3 is 10.1 Å². The molecule has 0 saturated heterocycles. The predicted molar refractivity (Wildman–Crippen MR) is 110 cm³/mol. The SMILES string of the molecule is Cc1cccc(OCCCC(=O)Nc2nc(-c3ccc(Br)cc3)cs2)c1. The summed E-state index contributed by atoms with van der Waals surface area (Å²) in [5.41, 5.74) is 3.04. The molecule has 0 fully saturated rings. The standard InChI is InChI=1S/C20H19BrN2O2S/c1-14-4-2-5-17(12-14)25-11-3-6-19(24)23-20-22-18(13-26-20)15-7-9-16(21)10-8-15/h2,4-5,7-10,12-13H,3,6,11H2,1H3,(H,22,23,24). The first kappa shape index (κ1) is 18.6. The highest BCUT2D eigenvalue weighted by molar-refractivity contribution is 9.10. The average Bonchev–Trinajstić information content (AvgIpc) is 3.08. The number of hydrogen-bond acceptors (Lipinski definition) is 4. The Kier molecular flexibility index (Phi) is 6.41. The smallest absolute Gasteiger partial charge is 0.226 e. The van der Waals surface area contributed by atoms with E-state index in [4.69, 9.17) is 4.74 Å². The van der Waals surface area contributed by atoms with Gasteiger partial charge in [-0.2, -0.15) is 0 Å². The third kappa shape index (κ3) is 5.41. The van der Waals surface area contributed by atoms with Crippen molar-refractivity contribution >= 4 is 38.3 Å². The predicted octanol–water partition coefficient (Wildman–Crippen LogP) is 5.68. The lowest BCUT2D eigenvalue weighted by molar-refractivity contribution is -0.116. The first-order valence-corrected chi connectivity index (χ1v) is 9.98. The molecule has 2 aromatic carbocycles. The van der Waals surface area contributed by atoms with Crippen molar-refractivity contribution in [2.24, 2.45) is 0 Å². The molecule has 0 saturated carbocycles. The number of aryl methyl sites for hydroxylation is 1. The second kappa shape index (κ2) is 8.96. The van der Waals surface area contributed by atoms with E-state index in [-0.39, 0.29) is 5.91 Å². The number of aromatic nitrogens is 1. The second-order valence-corrected chi connectivity index (χ2v) is 7.64. The first-order valence-electron chi connectivity index (χ1n) is 8.31. The Morgan fingerprint density at radius 1 is 1.23 bits per heavy atom. The lowest BCUT2D eigenvalue weighted by atomic mass is 10.2. The zero-order chi connectivity index (χ0) is 18.4. The van der Waals surface area contributed by atoms with Crippen LogP contribution in [0, 0.1) is 6.92 Å². The minimum atomic E-state index is -0.0467. The normalized spacial score (nSPS) is 10.5. The second-order valence-electron chi connectivity index (χ2n) is 5.86. The molecule has 0 radical (unpaired) electrons. The van der Waals surface area contributed by atoms with Crippen LogP contribution in [-0.4, -0.2) is 17.5 Å². The van der Waals surface area contributed by atoms with Gasteiger partial charge >= 0.3 is 0 Å². The minimum absolute atomic E-state index is 0.0467. The first-order chi connectivity index (χ1) is 12.6. The number of rotatable bonds is 7. The lowest BCUT2D eigenvalue weighted by Crippen LogP contribution is -2.12. The van der Waals surface area contributed by atoms with Gasteiger partial charge in [0.2, 0.25) is 5.91 Å². The van der Waals surface area contributed by atoms with Crippen LogP contribution in [0.3, 0.4) is 0 Å². The third-order valence-corrected chi connectivity index (χ3v) is 4.98. The molecule has 6 heteroatoms. The molecule has 1 aromatic heterocycles. The summed E-state index contributed by atoms with van der Waals surface area (Å²) in [7, 11) is 0. The number of carbonyl (C=O) groups excluding carboxylic acids is 1. The summed E-state index contributed by atoms with van der Waals surface area (Å²) in [4.78, 5) is 16.5. The molecule has 0 aliphatic carbocycles. The zero-order valence-electron chi connectivity index (χ0n) is 14.4. The molecule has 0 bridgehead atoms. The quantitative estimate of drug-likeness (QED) is 0.490. The number of nitrogens with one attached hydrogen (secondary N) is 1. The van der Waals surface area contributed by atoms with E-state index in [2.05, 4.69) is 26.2 Å². The van der Waals surface area contributed by atoms with Gasteiger partial charge in [0, 0.05) is 21.8 Å². The topological polar surface area (TPSA) is 51.2 Å². The van der Waals surface area contributed by atoms with Crippen LogP contribution in [-0.2, 0) is 4.79 Å². The summed E-state index contributed by atoms with van der Waals surface area (Å²) in [6, 6.07) is 15.8. The van der Waals surface area contributed by atoms with Crippen molar-refractivity contribution in [2.75, 3.05) is 11.9 Å². The van der Waals surface area contributed by atoms with Crippen LogP contribution in [0.2, 0.25) is 0 Å². The Bertz CT molecular complexity index is 878. The van der Waals surface area contributed by atoms with Gasteiger partial charge in [0.25, 0.3) is 0 Å². The fourth-order valence-electron chi connectivity index (χ4n) is 2.39. The lowest BCUT2D eigenvalue weighted by Gasteiger charge is -2.06. The molecule has 3 aromatic rings. The maximum atomic E-state index is 12.1. The van der Waals surface area contributed by atoms with Crippen molar-refractivity contribution in [1.29, 1.82) is 0 Å². The Morgan fingerprint density at radius 2 is 2.04 bits per heavy atom. The molecular formula is C20H19BrN2O2S. The van der Waals surface area contributed by atoms with Gasteiger partial charge in [0.1, 0.15) is 5.75 Å². The van der Waals surface area contributed by atoms with Crippen LogP contribution < -0.4 is 10.1 Å². The molecular weight excluding hydrogens is 412 g/mol. The van der Waals surface area contributed by atoms with E-state index in [0.717, 1.165) is 27.0 Å². The van der Waals surface area contributed by atoms with E-state index >= 15 is 0 Å². The fourth-order valence-corrected chi connectivity index (χ4v) is 3.39. The largest absolute Gasteiger partial charge is 0.494 e. The number of amides is 1. The molecule has 134 valence electrons. The summed E-state index contributed by atoms with van der Waals surface area (Å²) in [6.07, 6.45) is 1.06. The number of nitrogens with zero attached hydrogens (tertiary/aromatic N) is 1. The van der Waals surface area contributed by atoms with Crippen molar-refractivity contribution in [2.45, 2.75) is 19.8 Å². The van der Waals surface area contributed by atoms with Crippen LogP contribution in [0.15, 0.2) is 58.4 Å². The van der Waals surface area contributed by atoms with Crippen LogP contribution in [0.25, 0.3) is 11.3 Å². The van der Waals surface area contributed by atoms with Crippen molar-refractivity contribution < 1.29 is 9.53 Å². The molecule has 0 aliphatic rings. The van der Waals surface area contributed by atoms with Gasteiger partial charge in [-0.15, -0.1) is 11.3 Å². The highest BCUT2D eigenvalue weighted by Gasteiger charge is 2.08. The van der Waals surface area contributed by atoms with Crippen molar-refractivity contribution in [3.05, 3.63) is 63.9 Å². The van der Waals surface area contributed by atoms with E-state index in [1.165, 1.54) is 11.3 Å². The minimum Gasteiger partial charge on any atom is -0.494 e. The maximum Gasteiger partial charge on any atom is 0.226 e. The average molecular weight is 431 g/mol. The highest BCUT2D eigenvalue weighted by Crippen LogP contribution is 2.26. The monoisotopic (exact) mass is 430 g/mol. The van der Waals surface area contributed by atoms with Gasteiger partial charge in [-0.3, -0.25) is 4.79 Å². The maximum absolute atomic E-state index is 12.1. The fraction of sp³-hybridized carbons (Fsp3) is 0.200. The molecule has 26 heavy (non-hydrogen) atoms. The molecule has 1 N–H and O–H groups in total. The molecule has 0 spiro atoms.